The molecule has 0 saturated carbocycles. The second kappa shape index (κ2) is 8.58. The predicted molar refractivity (Wildman–Crippen MR) is 99.8 cm³/mol. The van der Waals surface area contributed by atoms with Crippen LogP contribution in [0.1, 0.15) is 33.6 Å². The number of hydrogen-bond donors (Lipinski definition) is 1. The number of halogens is 3. The van der Waals surface area contributed by atoms with Crippen molar-refractivity contribution in [3.05, 3.63) is 47.6 Å². The predicted octanol–water partition coefficient (Wildman–Crippen LogP) is 4.05. The van der Waals surface area contributed by atoms with E-state index in [1.54, 1.807) is 12.2 Å². The smallest absolute Gasteiger partial charge is 0.323 e. The Morgan fingerprint density at radius 3 is 2.75 bits per heavy atom. The fourth-order valence-corrected chi connectivity index (χ4v) is 3.02. The van der Waals surface area contributed by atoms with Crippen LogP contribution in [0.3, 0.4) is 0 Å². The first-order valence-corrected chi connectivity index (χ1v) is 8.91. The Balaban J connectivity index is 2.41. The molecule has 1 aliphatic carbocycles. The first-order valence-electron chi connectivity index (χ1n) is 8.91. The van der Waals surface area contributed by atoms with Crippen LogP contribution in [0.5, 0.6) is 0 Å². The average molecular weight is 396 g/mol. The van der Waals surface area contributed by atoms with E-state index in [2.05, 4.69) is 4.99 Å². The summed E-state index contributed by atoms with van der Waals surface area (Å²) < 4.78 is 41.7. The number of aliphatic carboxylic acids is 1. The molecule has 0 aromatic rings. The minimum atomic E-state index is -1.64. The molecule has 0 spiro atoms. The third-order valence-electron chi connectivity index (χ3n) is 4.36. The van der Waals surface area contributed by atoms with Gasteiger partial charge in [0.05, 0.1) is 0 Å². The maximum Gasteiger partial charge on any atom is 0.323 e. The monoisotopic (exact) mass is 396 g/mol. The van der Waals surface area contributed by atoms with Crippen LogP contribution in [-0.2, 0) is 9.59 Å². The second-order valence-corrected chi connectivity index (χ2v) is 7.20. The fourth-order valence-electron chi connectivity index (χ4n) is 3.02. The van der Waals surface area contributed by atoms with Crippen LogP contribution < -0.4 is 0 Å². The normalized spacial score (nSPS) is 26.0. The van der Waals surface area contributed by atoms with Crippen molar-refractivity contribution in [3.63, 3.8) is 0 Å². The number of carboxylic acid groups (broad SMARTS) is 1. The van der Waals surface area contributed by atoms with Crippen LogP contribution in [0.2, 0.25) is 0 Å². The Morgan fingerprint density at radius 1 is 1.50 bits per heavy atom. The van der Waals surface area contributed by atoms with Gasteiger partial charge in [-0.25, -0.2) is 18.2 Å². The van der Waals surface area contributed by atoms with E-state index < -0.39 is 48.3 Å². The van der Waals surface area contributed by atoms with Crippen LogP contribution >= 0.6 is 0 Å². The topological polar surface area (TPSA) is 70.0 Å². The molecule has 2 atom stereocenters. The Hall–Kier alpha value is -2.64. The molecular weight excluding hydrogens is 373 g/mol. The van der Waals surface area contributed by atoms with Gasteiger partial charge in [0.1, 0.15) is 30.1 Å². The molecule has 2 unspecified atom stereocenters. The molecule has 2 rings (SSSR count). The van der Waals surface area contributed by atoms with Gasteiger partial charge in [-0.3, -0.25) is 14.5 Å². The van der Waals surface area contributed by atoms with Crippen LogP contribution in [0, 0.1) is 5.92 Å². The Kier molecular flexibility index (Phi) is 6.64. The number of allylic oxidation sites excluding steroid dienone is 5. The van der Waals surface area contributed by atoms with Crippen molar-refractivity contribution in [3.8, 4) is 0 Å². The molecule has 1 amide bonds. The van der Waals surface area contributed by atoms with Gasteiger partial charge in [0.15, 0.2) is 5.66 Å². The van der Waals surface area contributed by atoms with E-state index in [0.29, 0.717) is 0 Å². The number of nitrogens with zero attached hydrogens (tertiary/aromatic N) is 2. The van der Waals surface area contributed by atoms with E-state index in [1.165, 1.54) is 6.92 Å². The molecule has 8 heteroatoms. The average Bonchev–Trinajstić information content (AvgIpc) is 2.78. The number of rotatable bonds is 7. The number of alkyl halides is 1. The maximum atomic E-state index is 14.2. The van der Waals surface area contributed by atoms with Gasteiger partial charge in [-0.2, -0.15) is 0 Å². The fraction of sp³-hybridized carbons (Fsp3) is 0.450. The molecule has 0 fully saturated rings. The summed E-state index contributed by atoms with van der Waals surface area (Å²) in [7, 11) is 0. The summed E-state index contributed by atoms with van der Waals surface area (Å²) in [4.78, 5) is 28.9. The van der Waals surface area contributed by atoms with E-state index in [4.69, 9.17) is 5.11 Å². The van der Waals surface area contributed by atoms with Crippen molar-refractivity contribution in [2.45, 2.75) is 45.4 Å². The van der Waals surface area contributed by atoms with Crippen molar-refractivity contribution in [2.24, 2.45) is 10.9 Å². The summed E-state index contributed by atoms with van der Waals surface area (Å²) in [6.07, 6.45) is 4.38. The van der Waals surface area contributed by atoms with Crippen molar-refractivity contribution >= 4 is 17.6 Å². The molecule has 152 valence electrons. The first-order chi connectivity index (χ1) is 13.0. The highest BCUT2D eigenvalue weighted by molar-refractivity contribution is 6.45. The lowest BCUT2D eigenvalue weighted by Crippen LogP contribution is -2.48. The molecule has 5 nitrogen and oxygen atoms in total. The van der Waals surface area contributed by atoms with Crippen LogP contribution in [0.25, 0.3) is 0 Å². The third kappa shape index (κ3) is 4.99. The molecule has 0 bridgehead atoms. The van der Waals surface area contributed by atoms with Crippen molar-refractivity contribution in [2.75, 3.05) is 6.54 Å². The van der Waals surface area contributed by atoms with Gasteiger partial charge in [-0.05, 0) is 25.0 Å². The summed E-state index contributed by atoms with van der Waals surface area (Å²) in [5.74, 6) is -3.27. The number of amides is 1. The zero-order valence-corrected chi connectivity index (χ0v) is 16.0. The van der Waals surface area contributed by atoms with E-state index in [9.17, 15) is 22.8 Å². The van der Waals surface area contributed by atoms with E-state index >= 15 is 0 Å². The highest BCUT2D eigenvalue weighted by Gasteiger charge is 2.46. The molecule has 0 aromatic heterocycles. The molecule has 0 aromatic carbocycles. The Labute approximate surface area is 161 Å². The molecule has 0 saturated heterocycles. The van der Waals surface area contributed by atoms with E-state index in [-0.39, 0.29) is 23.6 Å². The molecule has 1 heterocycles. The quantitative estimate of drug-likeness (QED) is 0.660. The van der Waals surface area contributed by atoms with Gasteiger partial charge in [0, 0.05) is 24.5 Å². The lowest BCUT2D eigenvalue weighted by atomic mass is 9.93. The molecule has 0 radical (unpaired) electrons. The molecule has 1 N–H and O–H groups in total. The summed E-state index contributed by atoms with van der Waals surface area (Å²) in [6.45, 7) is 4.49. The van der Waals surface area contributed by atoms with Gasteiger partial charge in [-0.1, -0.05) is 26.0 Å². The third-order valence-corrected chi connectivity index (χ3v) is 4.36. The van der Waals surface area contributed by atoms with E-state index in [0.717, 1.165) is 23.1 Å². The lowest BCUT2D eigenvalue weighted by molar-refractivity contribution is -0.143. The number of hydrogen-bond acceptors (Lipinski definition) is 3. The Bertz CT molecular complexity index is 812. The van der Waals surface area contributed by atoms with Crippen LogP contribution in [0.15, 0.2) is 52.6 Å². The van der Waals surface area contributed by atoms with Gasteiger partial charge < -0.3 is 5.11 Å². The van der Waals surface area contributed by atoms with Crippen molar-refractivity contribution in [1.82, 2.24) is 4.90 Å². The maximum absolute atomic E-state index is 14.2. The number of carbonyl (C=O) groups excluding carboxylic acids is 1. The van der Waals surface area contributed by atoms with Crippen LogP contribution in [-0.4, -0.2) is 46.0 Å². The zero-order valence-electron chi connectivity index (χ0n) is 16.0. The van der Waals surface area contributed by atoms with Crippen molar-refractivity contribution in [1.29, 1.82) is 0 Å². The first kappa shape index (κ1) is 21.7. The molecule has 2 aliphatic rings. The van der Waals surface area contributed by atoms with Crippen molar-refractivity contribution < 1.29 is 27.9 Å². The Morgan fingerprint density at radius 2 is 2.18 bits per heavy atom. The summed E-state index contributed by atoms with van der Waals surface area (Å²) in [5.41, 5.74) is -1.92. The number of carbonyl (C=O) groups is 2. The molecular formula is C20H23F3N2O3. The zero-order chi connectivity index (χ0) is 21.1. The summed E-state index contributed by atoms with van der Waals surface area (Å²) in [5, 5.41) is 9.14. The van der Waals surface area contributed by atoms with Gasteiger partial charge in [0.25, 0.3) is 5.91 Å². The lowest BCUT2D eigenvalue weighted by Gasteiger charge is -2.34. The standard InChI is InChI=1S/C20H23F3N2O3/c1-12(2)5-4-6-14(21)10-17-19(28)25(11-18(26)27)20(3,24-17)13-7-15(22)9-16(23)8-13/h4-5,7-8,10,12,15H,6,9,11H2,1-3H3,(H,26,27)/b5-4?,14-10-. The molecule has 1 aliphatic heterocycles. The second-order valence-electron chi connectivity index (χ2n) is 7.20. The molecule has 28 heavy (non-hydrogen) atoms. The number of carboxylic acids is 1. The number of aliphatic imine (C=N–C) groups is 1. The van der Waals surface area contributed by atoms with Gasteiger partial charge in [0.2, 0.25) is 0 Å². The summed E-state index contributed by atoms with van der Waals surface area (Å²) in [6, 6.07) is 0. The minimum Gasteiger partial charge on any atom is -0.480 e. The largest absolute Gasteiger partial charge is 0.480 e. The van der Waals surface area contributed by atoms with Crippen LogP contribution in [0.4, 0.5) is 13.2 Å². The SMILES string of the molecule is CC(C)C=CC/C(F)=C/C1=NC(C)(C2=CC(F)CC(F)=C2)N(CC(=O)O)C1=O. The highest BCUT2D eigenvalue weighted by atomic mass is 19.1. The minimum absolute atomic E-state index is 0.0156. The van der Waals surface area contributed by atoms with Gasteiger partial charge in [-0.15, -0.1) is 0 Å². The van der Waals surface area contributed by atoms with E-state index in [1.807, 2.05) is 13.8 Å². The summed E-state index contributed by atoms with van der Waals surface area (Å²) >= 11 is 0. The highest BCUT2D eigenvalue weighted by Crippen LogP contribution is 2.37. The van der Waals surface area contributed by atoms with Gasteiger partial charge >= 0.3 is 5.97 Å².